The maximum atomic E-state index is 5.81. The number of aromatic nitrogens is 1. The van der Waals surface area contributed by atoms with Crippen molar-refractivity contribution in [1.82, 2.24) is 4.98 Å². The molecule has 0 aliphatic heterocycles. The molecule has 0 atom stereocenters. The van der Waals surface area contributed by atoms with E-state index in [9.17, 15) is 0 Å². The zero-order chi connectivity index (χ0) is 9.14. The molecular weight excluding hydrogens is 152 g/mol. The summed E-state index contributed by atoms with van der Waals surface area (Å²) in [6.07, 6.45) is 1.71. The van der Waals surface area contributed by atoms with Crippen LogP contribution >= 0.6 is 0 Å². The molecule has 0 aromatic carbocycles. The first kappa shape index (κ1) is 8.84. The van der Waals surface area contributed by atoms with Crippen molar-refractivity contribution in [1.29, 1.82) is 0 Å². The molecule has 0 aliphatic rings. The summed E-state index contributed by atoms with van der Waals surface area (Å²) in [7, 11) is 1.61. The van der Waals surface area contributed by atoms with Crippen molar-refractivity contribution in [3.8, 4) is 5.75 Å². The smallest absolute Gasteiger partial charge is 0.145 e. The minimum Gasteiger partial charge on any atom is -0.494 e. The minimum absolute atomic E-state index is 0.333. The van der Waals surface area contributed by atoms with E-state index in [2.05, 4.69) is 18.8 Å². The van der Waals surface area contributed by atoms with E-state index in [1.807, 2.05) is 0 Å². The van der Waals surface area contributed by atoms with Crippen molar-refractivity contribution < 1.29 is 4.74 Å². The number of hydrogen-bond acceptors (Lipinski definition) is 3. The molecule has 1 rings (SSSR count). The van der Waals surface area contributed by atoms with Gasteiger partial charge in [-0.3, -0.25) is 4.98 Å². The highest BCUT2D eigenvalue weighted by molar-refractivity contribution is 5.56. The van der Waals surface area contributed by atoms with Crippen LogP contribution in [0.1, 0.15) is 25.5 Å². The summed E-state index contributed by atoms with van der Waals surface area (Å²) >= 11 is 0. The van der Waals surface area contributed by atoms with Crippen LogP contribution < -0.4 is 10.5 Å². The molecule has 2 N–H and O–H groups in total. The summed E-state index contributed by atoms with van der Waals surface area (Å²) in [5.74, 6) is 1.04. The quantitative estimate of drug-likeness (QED) is 0.728. The van der Waals surface area contributed by atoms with Crippen molar-refractivity contribution in [2.24, 2.45) is 0 Å². The first-order valence-electron chi connectivity index (χ1n) is 3.95. The summed E-state index contributed by atoms with van der Waals surface area (Å²) in [5, 5.41) is 0. The first-order valence-corrected chi connectivity index (χ1v) is 3.95. The van der Waals surface area contributed by atoms with E-state index in [4.69, 9.17) is 10.5 Å². The lowest BCUT2D eigenvalue weighted by Gasteiger charge is -2.10. The van der Waals surface area contributed by atoms with Crippen molar-refractivity contribution >= 4 is 5.69 Å². The van der Waals surface area contributed by atoms with Crippen LogP contribution in [0, 0.1) is 0 Å². The second kappa shape index (κ2) is 3.43. The number of nitrogen functional groups attached to an aromatic ring is 1. The Kier molecular flexibility index (Phi) is 2.53. The van der Waals surface area contributed by atoms with Crippen LogP contribution in [0.2, 0.25) is 0 Å². The van der Waals surface area contributed by atoms with Gasteiger partial charge in [-0.25, -0.2) is 0 Å². The van der Waals surface area contributed by atoms with Gasteiger partial charge in [0.2, 0.25) is 0 Å². The molecule has 66 valence electrons. The minimum atomic E-state index is 0.333. The number of hydrogen-bond donors (Lipinski definition) is 1. The van der Waals surface area contributed by atoms with Crippen molar-refractivity contribution in [3.63, 3.8) is 0 Å². The Morgan fingerprint density at radius 2 is 2.17 bits per heavy atom. The maximum Gasteiger partial charge on any atom is 0.145 e. The van der Waals surface area contributed by atoms with Gasteiger partial charge in [-0.15, -0.1) is 0 Å². The standard InChI is InChI=1S/C9H14N2O/c1-6(2)9-8(10)7(12-3)4-5-11-9/h4-6H,10H2,1-3H3. The van der Waals surface area contributed by atoms with Crippen LogP contribution in [-0.4, -0.2) is 12.1 Å². The van der Waals surface area contributed by atoms with E-state index in [-0.39, 0.29) is 0 Å². The van der Waals surface area contributed by atoms with Crippen LogP contribution in [0.15, 0.2) is 12.3 Å². The maximum absolute atomic E-state index is 5.81. The van der Waals surface area contributed by atoms with Gasteiger partial charge in [0.15, 0.2) is 0 Å². The Morgan fingerprint density at radius 3 is 2.67 bits per heavy atom. The number of nitrogens with zero attached hydrogens (tertiary/aromatic N) is 1. The van der Waals surface area contributed by atoms with E-state index in [1.165, 1.54) is 0 Å². The number of rotatable bonds is 2. The fourth-order valence-electron chi connectivity index (χ4n) is 1.11. The SMILES string of the molecule is COc1ccnc(C(C)C)c1N. The molecule has 0 radical (unpaired) electrons. The third kappa shape index (κ3) is 1.49. The molecule has 0 saturated carbocycles. The molecule has 0 saturated heterocycles. The molecule has 0 bridgehead atoms. The fourth-order valence-corrected chi connectivity index (χ4v) is 1.11. The van der Waals surface area contributed by atoms with Gasteiger partial charge in [-0.2, -0.15) is 0 Å². The van der Waals surface area contributed by atoms with E-state index < -0.39 is 0 Å². The zero-order valence-electron chi connectivity index (χ0n) is 7.66. The van der Waals surface area contributed by atoms with Crippen LogP contribution in [0.4, 0.5) is 5.69 Å². The van der Waals surface area contributed by atoms with Crippen LogP contribution in [-0.2, 0) is 0 Å². The van der Waals surface area contributed by atoms with Gasteiger partial charge in [0.05, 0.1) is 18.5 Å². The molecule has 1 aromatic rings. The third-order valence-corrected chi connectivity index (χ3v) is 1.75. The summed E-state index contributed by atoms with van der Waals surface area (Å²) in [4.78, 5) is 4.18. The largest absolute Gasteiger partial charge is 0.494 e. The van der Waals surface area contributed by atoms with Crippen LogP contribution in [0.3, 0.4) is 0 Å². The van der Waals surface area contributed by atoms with Gasteiger partial charge < -0.3 is 10.5 Å². The number of ether oxygens (including phenoxy) is 1. The Bertz CT molecular complexity index is 271. The second-order valence-electron chi connectivity index (χ2n) is 2.97. The summed E-state index contributed by atoms with van der Waals surface area (Å²) in [5.41, 5.74) is 7.35. The highest BCUT2D eigenvalue weighted by atomic mass is 16.5. The Labute approximate surface area is 72.6 Å². The van der Waals surface area contributed by atoms with Gasteiger partial charge in [-0.05, 0) is 5.92 Å². The normalized spacial score (nSPS) is 10.3. The van der Waals surface area contributed by atoms with Gasteiger partial charge in [0.1, 0.15) is 5.75 Å². The van der Waals surface area contributed by atoms with E-state index in [0.29, 0.717) is 17.4 Å². The molecule has 0 spiro atoms. The topological polar surface area (TPSA) is 48.1 Å². The van der Waals surface area contributed by atoms with Crippen LogP contribution in [0.5, 0.6) is 5.75 Å². The van der Waals surface area contributed by atoms with Gasteiger partial charge in [-0.1, -0.05) is 13.8 Å². The van der Waals surface area contributed by atoms with Crippen molar-refractivity contribution in [2.75, 3.05) is 12.8 Å². The Morgan fingerprint density at radius 1 is 1.50 bits per heavy atom. The molecule has 0 aliphatic carbocycles. The lowest BCUT2D eigenvalue weighted by molar-refractivity contribution is 0.415. The number of nitrogens with two attached hydrogens (primary N) is 1. The fraction of sp³-hybridized carbons (Fsp3) is 0.444. The number of methoxy groups -OCH3 is 1. The Balaban J connectivity index is 3.14. The molecule has 1 heterocycles. The van der Waals surface area contributed by atoms with Gasteiger partial charge in [0.25, 0.3) is 0 Å². The molecule has 12 heavy (non-hydrogen) atoms. The second-order valence-corrected chi connectivity index (χ2v) is 2.97. The van der Waals surface area contributed by atoms with Crippen molar-refractivity contribution in [2.45, 2.75) is 19.8 Å². The molecule has 0 unspecified atom stereocenters. The predicted molar refractivity (Wildman–Crippen MR) is 49.3 cm³/mol. The molecule has 0 fully saturated rings. The van der Waals surface area contributed by atoms with Gasteiger partial charge in [0, 0.05) is 12.3 Å². The van der Waals surface area contributed by atoms with Crippen molar-refractivity contribution in [3.05, 3.63) is 18.0 Å². The summed E-state index contributed by atoms with van der Waals surface area (Å²) < 4.78 is 5.07. The molecular formula is C9H14N2O. The highest BCUT2D eigenvalue weighted by Gasteiger charge is 2.09. The third-order valence-electron chi connectivity index (χ3n) is 1.75. The number of pyridine rings is 1. The summed E-state index contributed by atoms with van der Waals surface area (Å²) in [6, 6.07) is 1.77. The molecule has 3 nitrogen and oxygen atoms in total. The van der Waals surface area contributed by atoms with Crippen LogP contribution in [0.25, 0.3) is 0 Å². The lowest BCUT2D eigenvalue weighted by atomic mass is 10.1. The monoisotopic (exact) mass is 166 g/mol. The average molecular weight is 166 g/mol. The first-order chi connectivity index (χ1) is 5.66. The molecule has 0 amide bonds. The average Bonchev–Trinajstić information content (AvgIpc) is 2.04. The van der Waals surface area contributed by atoms with E-state index in [1.54, 1.807) is 19.4 Å². The zero-order valence-corrected chi connectivity index (χ0v) is 7.66. The highest BCUT2D eigenvalue weighted by Crippen LogP contribution is 2.27. The molecule has 1 aromatic heterocycles. The van der Waals surface area contributed by atoms with E-state index in [0.717, 1.165) is 5.69 Å². The predicted octanol–water partition coefficient (Wildman–Crippen LogP) is 1.80. The van der Waals surface area contributed by atoms with Gasteiger partial charge >= 0.3 is 0 Å². The Hall–Kier alpha value is -1.25. The van der Waals surface area contributed by atoms with E-state index >= 15 is 0 Å². The summed E-state index contributed by atoms with van der Waals surface area (Å²) in [6.45, 7) is 4.11. The lowest BCUT2D eigenvalue weighted by Crippen LogP contribution is -2.01. The number of anilines is 1. The molecule has 3 heteroatoms.